The summed E-state index contributed by atoms with van der Waals surface area (Å²) in [7, 11) is 0. The minimum absolute atomic E-state index is 0.00987. The molecule has 1 aromatic carbocycles. The molecule has 126 valence electrons. The largest absolute Gasteiger partial charge is 0.460 e. The number of hydrazone groups is 1. The zero-order valence-corrected chi connectivity index (χ0v) is 14.3. The highest BCUT2D eigenvalue weighted by atomic mass is 35.5. The Kier molecular flexibility index (Phi) is 6.40. The molecule has 2 aromatic rings. The predicted molar refractivity (Wildman–Crippen MR) is 93.5 cm³/mol. The lowest BCUT2D eigenvalue weighted by atomic mass is 10.2. The number of aryl methyl sites for hydroxylation is 1. The van der Waals surface area contributed by atoms with Crippen molar-refractivity contribution in [2.45, 2.75) is 19.8 Å². The average Bonchev–Trinajstić information content (AvgIpc) is 2.94. The first-order valence-corrected chi connectivity index (χ1v) is 7.83. The van der Waals surface area contributed by atoms with Crippen LogP contribution in [0, 0.1) is 6.92 Å². The second-order valence-corrected chi connectivity index (χ2v) is 5.76. The van der Waals surface area contributed by atoms with E-state index in [9.17, 15) is 9.59 Å². The SMILES string of the molecule is Cc1ccc(C=NNC(=O)CCC(=O)Nc2cc(Cl)ccc2Cl)o1. The van der Waals surface area contributed by atoms with E-state index >= 15 is 0 Å². The van der Waals surface area contributed by atoms with Crippen LogP contribution in [0.15, 0.2) is 39.9 Å². The quantitative estimate of drug-likeness (QED) is 0.602. The zero-order chi connectivity index (χ0) is 17.5. The Morgan fingerprint density at radius 2 is 1.92 bits per heavy atom. The van der Waals surface area contributed by atoms with E-state index in [0.29, 0.717) is 21.5 Å². The molecule has 0 atom stereocenters. The molecule has 2 rings (SSSR count). The van der Waals surface area contributed by atoms with Gasteiger partial charge in [0.25, 0.3) is 0 Å². The zero-order valence-electron chi connectivity index (χ0n) is 12.8. The van der Waals surface area contributed by atoms with Crippen molar-refractivity contribution in [1.29, 1.82) is 0 Å². The molecule has 0 aliphatic rings. The summed E-state index contributed by atoms with van der Waals surface area (Å²) in [6.07, 6.45) is 1.36. The number of furan rings is 1. The van der Waals surface area contributed by atoms with Gasteiger partial charge in [-0.05, 0) is 37.3 Å². The first-order valence-electron chi connectivity index (χ1n) is 7.07. The van der Waals surface area contributed by atoms with Crippen molar-refractivity contribution < 1.29 is 14.0 Å². The Hall–Kier alpha value is -2.31. The normalized spacial score (nSPS) is 10.8. The van der Waals surface area contributed by atoms with Crippen LogP contribution >= 0.6 is 23.2 Å². The topological polar surface area (TPSA) is 83.7 Å². The number of amides is 2. The van der Waals surface area contributed by atoms with Crippen LogP contribution in [0.25, 0.3) is 0 Å². The summed E-state index contributed by atoms with van der Waals surface area (Å²) in [4.78, 5) is 23.5. The molecule has 0 aliphatic carbocycles. The monoisotopic (exact) mass is 367 g/mol. The first-order chi connectivity index (χ1) is 11.4. The third-order valence-corrected chi connectivity index (χ3v) is 3.49. The molecule has 0 saturated carbocycles. The molecule has 24 heavy (non-hydrogen) atoms. The third kappa shape index (κ3) is 5.72. The predicted octanol–water partition coefficient (Wildman–Crippen LogP) is 3.76. The number of hydrogen-bond donors (Lipinski definition) is 2. The van der Waals surface area contributed by atoms with Gasteiger partial charge in [0.2, 0.25) is 11.8 Å². The van der Waals surface area contributed by atoms with Crippen LogP contribution in [-0.2, 0) is 9.59 Å². The molecule has 0 bridgehead atoms. The van der Waals surface area contributed by atoms with E-state index < -0.39 is 0 Å². The van der Waals surface area contributed by atoms with Gasteiger partial charge in [-0.1, -0.05) is 23.2 Å². The minimum Gasteiger partial charge on any atom is -0.460 e. The summed E-state index contributed by atoms with van der Waals surface area (Å²) in [6, 6.07) is 8.25. The molecule has 2 N–H and O–H groups in total. The molecular formula is C16H15Cl2N3O3. The van der Waals surface area contributed by atoms with Gasteiger partial charge in [-0.15, -0.1) is 0 Å². The van der Waals surface area contributed by atoms with Gasteiger partial charge in [0.1, 0.15) is 11.5 Å². The van der Waals surface area contributed by atoms with E-state index in [0.717, 1.165) is 5.76 Å². The standard InChI is InChI=1S/C16H15Cl2N3O3/c1-10-2-4-12(24-10)9-19-21-16(23)7-6-15(22)20-14-8-11(17)3-5-13(14)18/h2-5,8-9H,6-7H2,1H3,(H,20,22)(H,21,23). The van der Waals surface area contributed by atoms with Crippen molar-refractivity contribution in [2.75, 3.05) is 5.32 Å². The van der Waals surface area contributed by atoms with Crippen LogP contribution in [-0.4, -0.2) is 18.0 Å². The molecule has 0 unspecified atom stereocenters. The molecule has 0 spiro atoms. The summed E-state index contributed by atoms with van der Waals surface area (Å²) in [6.45, 7) is 1.81. The van der Waals surface area contributed by atoms with E-state index in [-0.39, 0.29) is 24.7 Å². The molecule has 0 fully saturated rings. The van der Waals surface area contributed by atoms with Gasteiger partial charge in [-0.3, -0.25) is 9.59 Å². The molecule has 2 amide bonds. The number of nitrogens with zero attached hydrogens (tertiary/aromatic N) is 1. The van der Waals surface area contributed by atoms with Crippen molar-refractivity contribution in [2.24, 2.45) is 5.10 Å². The molecular weight excluding hydrogens is 353 g/mol. The number of anilines is 1. The summed E-state index contributed by atoms with van der Waals surface area (Å²) in [5.74, 6) is 0.544. The van der Waals surface area contributed by atoms with Crippen molar-refractivity contribution in [3.8, 4) is 0 Å². The average molecular weight is 368 g/mol. The molecule has 0 aliphatic heterocycles. The van der Waals surface area contributed by atoms with Crippen LogP contribution in [0.5, 0.6) is 0 Å². The number of carbonyl (C=O) groups is 2. The lowest BCUT2D eigenvalue weighted by molar-refractivity contribution is -0.124. The van der Waals surface area contributed by atoms with Gasteiger partial charge in [-0.2, -0.15) is 5.10 Å². The van der Waals surface area contributed by atoms with Gasteiger partial charge in [-0.25, -0.2) is 5.43 Å². The Labute approximate surface area is 148 Å². The van der Waals surface area contributed by atoms with Gasteiger partial charge >= 0.3 is 0 Å². The van der Waals surface area contributed by atoms with Crippen molar-refractivity contribution >= 4 is 46.9 Å². The van der Waals surface area contributed by atoms with Crippen molar-refractivity contribution in [1.82, 2.24) is 5.43 Å². The maximum absolute atomic E-state index is 11.8. The van der Waals surface area contributed by atoms with Crippen molar-refractivity contribution in [3.05, 3.63) is 51.9 Å². The Morgan fingerprint density at radius 3 is 2.62 bits per heavy atom. The van der Waals surface area contributed by atoms with E-state index in [1.165, 1.54) is 12.3 Å². The van der Waals surface area contributed by atoms with Gasteiger partial charge in [0, 0.05) is 17.9 Å². The second-order valence-electron chi connectivity index (χ2n) is 4.91. The number of benzene rings is 1. The van der Waals surface area contributed by atoms with Crippen LogP contribution in [0.4, 0.5) is 5.69 Å². The van der Waals surface area contributed by atoms with Crippen LogP contribution in [0.3, 0.4) is 0 Å². The smallest absolute Gasteiger partial charge is 0.240 e. The molecule has 0 saturated heterocycles. The fourth-order valence-electron chi connectivity index (χ4n) is 1.78. The summed E-state index contributed by atoms with van der Waals surface area (Å²) < 4.78 is 5.26. The van der Waals surface area contributed by atoms with E-state index in [1.807, 2.05) is 0 Å². The minimum atomic E-state index is -0.387. The molecule has 8 heteroatoms. The maximum Gasteiger partial charge on any atom is 0.240 e. The third-order valence-electron chi connectivity index (χ3n) is 2.92. The highest BCUT2D eigenvalue weighted by molar-refractivity contribution is 6.35. The highest BCUT2D eigenvalue weighted by Gasteiger charge is 2.09. The number of hydrogen-bond acceptors (Lipinski definition) is 4. The van der Waals surface area contributed by atoms with Gasteiger partial charge < -0.3 is 9.73 Å². The van der Waals surface area contributed by atoms with Crippen LogP contribution < -0.4 is 10.7 Å². The summed E-state index contributed by atoms with van der Waals surface area (Å²) >= 11 is 11.8. The van der Waals surface area contributed by atoms with Gasteiger partial charge in [0.05, 0.1) is 16.9 Å². The van der Waals surface area contributed by atoms with Gasteiger partial charge in [0.15, 0.2) is 0 Å². The Bertz CT molecular complexity index is 772. The lowest BCUT2D eigenvalue weighted by Crippen LogP contribution is -2.20. The van der Waals surface area contributed by atoms with E-state index in [1.54, 1.807) is 31.2 Å². The maximum atomic E-state index is 11.8. The fourth-order valence-corrected chi connectivity index (χ4v) is 2.12. The van der Waals surface area contributed by atoms with Crippen LogP contribution in [0.1, 0.15) is 24.4 Å². The Morgan fingerprint density at radius 1 is 1.17 bits per heavy atom. The Balaban J connectivity index is 1.75. The lowest BCUT2D eigenvalue weighted by Gasteiger charge is -2.07. The van der Waals surface area contributed by atoms with Crippen molar-refractivity contribution in [3.63, 3.8) is 0 Å². The van der Waals surface area contributed by atoms with E-state index in [2.05, 4.69) is 15.8 Å². The highest BCUT2D eigenvalue weighted by Crippen LogP contribution is 2.25. The molecule has 6 nitrogen and oxygen atoms in total. The fraction of sp³-hybridized carbons (Fsp3) is 0.188. The summed E-state index contributed by atoms with van der Waals surface area (Å²) in [5, 5.41) is 7.18. The second kappa shape index (κ2) is 8.52. The van der Waals surface area contributed by atoms with Crippen LogP contribution in [0.2, 0.25) is 10.0 Å². The molecule has 1 heterocycles. The number of halogens is 2. The summed E-state index contributed by atoms with van der Waals surface area (Å²) in [5.41, 5.74) is 2.73. The number of nitrogens with one attached hydrogen (secondary N) is 2. The number of rotatable bonds is 6. The van der Waals surface area contributed by atoms with E-state index in [4.69, 9.17) is 27.6 Å². The molecule has 1 aromatic heterocycles. The number of carbonyl (C=O) groups excluding carboxylic acids is 2. The molecule has 0 radical (unpaired) electrons. The first kappa shape index (κ1) is 18.0.